The quantitative estimate of drug-likeness (QED) is 0.0176. The number of H-pyrrole nitrogens is 3. The summed E-state index contributed by atoms with van der Waals surface area (Å²) < 4.78 is 90.6. The Hall–Kier alpha value is -7.03. The third kappa shape index (κ3) is 18.4. The van der Waals surface area contributed by atoms with Crippen LogP contribution in [0.25, 0.3) is 22.3 Å². The Morgan fingerprint density at radius 2 is 0.914 bits per heavy atom. The molecule has 0 bridgehead atoms. The van der Waals surface area contributed by atoms with Gasteiger partial charge in [-0.2, -0.15) is 9.97 Å². The van der Waals surface area contributed by atoms with E-state index in [9.17, 15) is 62.9 Å². The first kappa shape index (κ1) is 80.5. The van der Waals surface area contributed by atoms with Gasteiger partial charge >= 0.3 is 31.5 Å². The number of fused-ring (bicyclic) bond motifs is 2. The number of hydrogen-bond donors (Lipinski definition) is 13. The highest BCUT2D eigenvalue weighted by Gasteiger charge is 2.56. The predicted octanol–water partition coefficient (Wildman–Crippen LogP) is -5.11. The number of aromatic amines is 3. The van der Waals surface area contributed by atoms with E-state index in [1.165, 1.54) is 65.9 Å². The molecule has 0 spiro atoms. The summed E-state index contributed by atoms with van der Waals surface area (Å²) in [4.78, 5) is 181. The van der Waals surface area contributed by atoms with E-state index in [2.05, 4.69) is 61.1 Å². The van der Waals surface area contributed by atoms with Gasteiger partial charge in [-0.1, -0.05) is 6.92 Å². The first-order valence-corrected chi connectivity index (χ1v) is 39.3. The van der Waals surface area contributed by atoms with Crippen molar-refractivity contribution in [3.63, 3.8) is 0 Å². The number of anilines is 2. The fourth-order valence-corrected chi connectivity index (χ4v) is 15.8. The fourth-order valence-electron chi connectivity index (χ4n) is 11.5. The summed E-state index contributed by atoms with van der Waals surface area (Å²) in [7, 11) is 5.25. The maximum Gasteiger partial charge on any atom is 0.351 e. The molecule has 15 N–H and O–H groups in total. The van der Waals surface area contributed by atoms with E-state index in [1.54, 1.807) is 6.92 Å². The lowest BCUT2D eigenvalue weighted by atomic mass is 10.1. The molecule has 0 saturated carbocycles. The number of nitrogens with one attached hydrogen (secondary N) is 7. The lowest BCUT2D eigenvalue weighted by Crippen LogP contribution is -2.42. The van der Waals surface area contributed by atoms with Crippen molar-refractivity contribution in [2.24, 2.45) is 0 Å². The molecule has 0 aromatic carbocycles. The second-order valence-electron chi connectivity index (χ2n) is 23.7. The zero-order chi connectivity index (χ0) is 76.3. The number of ether oxygens (including phenoxy) is 8. The number of nitrogens with zero attached hydrogens (tertiary/aromatic N) is 9. The van der Waals surface area contributed by atoms with Crippen molar-refractivity contribution in [1.29, 1.82) is 0 Å². The number of aryl methyl sites for hydroxylation is 3. The number of aliphatic hydroxyl groups excluding tert-OH is 1. The molecule has 19 atom stereocenters. The Kier molecular flexibility index (Phi) is 25.8. The summed E-state index contributed by atoms with van der Waals surface area (Å²) in [5.74, 6) is -3.10. The van der Waals surface area contributed by atoms with Crippen LogP contribution >= 0.6 is 20.2 Å². The summed E-state index contributed by atoms with van der Waals surface area (Å²) in [6.45, 7) is -14.0. The number of nitrogens with two attached hydrogens (primary N) is 2. The number of imidazole rings is 2. The number of amides is 4. The first-order chi connectivity index (χ1) is 49.7. The average molecular weight is 1600 g/mol. The van der Waals surface area contributed by atoms with Gasteiger partial charge in [0.25, 0.3) is 16.7 Å². The monoisotopic (exact) mass is 1600 g/mol. The SMILES string of the molecule is CC[C@H]1O[C@@H](n2cc(C)c(=O)[nH]c2=O)[C@@H](OCC(=O)NC)C1OP(O)(=S)OC[C@H]1O[C@@H](n2cnc3c(=O)[nH]c(N)nc32)[C@@H](OCC(=O)NC)C1OP(O)(=S)OC[C@H]1O[C@@H](n2cnc3c(=O)[nH]c(C)nc32)[C@@H](OCC(=O)NC)C1OP(O)(=S)OC[C@H]1O[C@@H](n2cc(C)c(N)nc2=O)[C@@H](OCC(=O)NC)C1O. The van der Waals surface area contributed by atoms with Crippen LogP contribution in [0.5, 0.6) is 0 Å². The van der Waals surface area contributed by atoms with Gasteiger partial charge in [-0.3, -0.25) is 75.4 Å². The highest BCUT2D eigenvalue weighted by molar-refractivity contribution is 8.07. The molecule has 6 aromatic rings. The van der Waals surface area contributed by atoms with Crippen molar-refractivity contribution in [3.8, 4) is 0 Å². The molecule has 51 heteroatoms. The van der Waals surface area contributed by atoms with Crippen molar-refractivity contribution >= 4 is 113 Å². The lowest BCUT2D eigenvalue weighted by molar-refractivity contribution is -0.133. The van der Waals surface area contributed by atoms with E-state index in [0.717, 1.165) is 26.4 Å². The van der Waals surface area contributed by atoms with Gasteiger partial charge in [-0.15, -0.1) is 0 Å². The summed E-state index contributed by atoms with van der Waals surface area (Å²) in [6.07, 6.45) is -20.4. The number of carbonyl (C=O) groups excluding carboxylic acids is 4. The molecule has 4 aliphatic rings. The molecular weight excluding hydrogens is 1520 g/mol. The van der Waals surface area contributed by atoms with E-state index in [1.807, 2.05) is 0 Å². The van der Waals surface area contributed by atoms with Gasteiger partial charge < -0.3 is 109 Å². The van der Waals surface area contributed by atoms with E-state index >= 15 is 0 Å². The number of aliphatic hydroxyl groups is 1. The van der Waals surface area contributed by atoms with E-state index in [4.69, 9.17) is 112 Å². The molecule has 105 heavy (non-hydrogen) atoms. The normalized spacial score (nSPS) is 27.8. The van der Waals surface area contributed by atoms with Gasteiger partial charge in [-0.05, 0) is 62.6 Å². The molecule has 4 aliphatic heterocycles. The number of nitrogen functional groups attached to an aromatic ring is 2. The van der Waals surface area contributed by atoms with Gasteiger partial charge in [0.2, 0.25) is 29.6 Å². The maximum atomic E-state index is 13.3. The van der Waals surface area contributed by atoms with Gasteiger partial charge in [0.15, 0.2) is 47.2 Å². The second kappa shape index (κ2) is 33.6. The third-order valence-electron chi connectivity index (χ3n) is 16.7. The highest BCUT2D eigenvalue weighted by atomic mass is 32.5. The standard InChI is InChI=1S/C54H75N18O27P3S3/c1-9-24-35(39(87-16-29(74)58-6)49(93-24)70-11-22(3)45(78)68-54(70)82)97-101(84,104)91-13-27-37(41(89-18-31(76)60-8)51(96-27)72-20-62-33-44(72)66-52(56)67-47(33)80)99-102(85,105)92-14-26-36(40(88-17-30(75)59-7)50(95-26)71-19-61-32-43(71)63-23(4)64-46(32)79)98-100(83,103)90-12-25-34(77)38(86-15-28(73)57-5)48(94-25)69-10-21(2)42(55)65-53(69)81/h10-11,19-20,24-27,34-41,48-51,77H,9,12-18H2,1-8H3,(H,57,73)(H,58,74)(H,59,75)(H,60,76)(H,83,103)(H,84,104)(H,85,105)(H2,55,65,81)(H,63,64,79)(H,68,78,82)(H3,56,66,67,80)/t24-,25-,26-,27-,34?,35?,36?,37?,38+,39+,40+,41+,48-,49-,50-,51-,100?,101?,102?/m1/s1. The number of aromatic nitrogens is 12. The molecule has 576 valence electrons. The molecule has 0 radical (unpaired) electrons. The van der Waals surface area contributed by atoms with E-state index in [-0.39, 0.29) is 51.9 Å². The summed E-state index contributed by atoms with van der Waals surface area (Å²) in [6, 6.07) is 0. The molecule has 6 aromatic heterocycles. The maximum absolute atomic E-state index is 13.3. The van der Waals surface area contributed by atoms with Crippen LogP contribution in [-0.4, -0.2) is 249 Å². The van der Waals surface area contributed by atoms with Crippen molar-refractivity contribution in [1.82, 2.24) is 79.4 Å². The molecule has 10 rings (SSSR count). The zero-order valence-electron chi connectivity index (χ0n) is 56.6. The van der Waals surface area contributed by atoms with Gasteiger partial charge in [0, 0.05) is 51.7 Å². The summed E-state index contributed by atoms with van der Waals surface area (Å²) in [5, 5.41) is 21.3. The van der Waals surface area contributed by atoms with Crippen molar-refractivity contribution in [2.75, 3.05) is 85.9 Å². The van der Waals surface area contributed by atoms with Crippen LogP contribution in [0.3, 0.4) is 0 Å². The number of hydrogen-bond acceptors (Lipinski definition) is 34. The highest BCUT2D eigenvalue weighted by Crippen LogP contribution is 2.55. The smallest absolute Gasteiger partial charge is 0.351 e. The molecule has 4 amide bonds. The van der Waals surface area contributed by atoms with Gasteiger partial charge in [-0.25, -0.2) is 24.5 Å². The Morgan fingerprint density at radius 1 is 0.524 bits per heavy atom. The van der Waals surface area contributed by atoms with E-state index in [0.29, 0.717) is 5.56 Å². The minimum atomic E-state index is -5.00. The van der Waals surface area contributed by atoms with Crippen LogP contribution in [0.15, 0.2) is 49.0 Å². The Balaban J connectivity index is 0.976. The van der Waals surface area contributed by atoms with Crippen LogP contribution in [-0.2, 0) is 120 Å². The average Bonchev–Trinajstić information content (AvgIpc) is 1.62. The zero-order valence-corrected chi connectivity index (χ0v) is 61.8. The molecule has 10 heterocycles. The van der Waals surface area contributed by atoms with Crippen LogP contribution in [0.1, 0.15) is 55.2 Å². The third-order valence-corrected chi connectivity index (χ3v) is 21.4. The Bertz CT molecular complexity index is 4700. The van der Waals surface area contributed by atoms with Crippen LogP contribution in [0.2, 0.25) is 0 Å². The molecule has 45 nitrogen and oxygen atoms in total. The Labute approximate surface area is 606 Å². The summed E-state index contributed by atoms with van der Waals surface area (Å²) >= 11 is 17.0. The van der Waals surface area contributed by atoms with Gasteiger partial charge in [0.05, 0.1) is 38.6 Å². The molecule has 7 unspecified atom stereocenters. The second-order valence-corrected chi connectivity index (χ2v) is 32.1. The first-order valence-electron chi connectivity index (χ1n) is 31.6. The number of rotatable bonds is 32. The van der Waals surface area contributed by atoms with E-state index < -0.39 is 216 Å². The molecule has 4 saturated heterocycles. The minimum absolute atomic E-state index is 0.0872. The Morgan fingerprint density at radius 3 is 1.38 bits per heavy atom. The summed E-state index contributed by atoms with van der Waals surface area (Å²) in [5.41, 5.74) is 7.42. The predicted molar refractivity (Wildman–Crippen MR) is 368 cm³/mol. The van der Waals surface area contributed by atoms with Crippen LogP contribution in [0.4, 0.5) is 11.8 Å². The molecule has 0 aliphatic carbocycles. The van der Waals surface area contributed by atoms with Crippen molar-refractivity contribution in [3.05, 3.63) is 94.0 Å². The molecule has 4 fully saturated rings. The lowest BCUT2D eigenvalue weighted by Gasteiger charge is -2.30. The van der Waals surface area contributed by atoms with Crippen molar-refractivity contribution in [2.45, 2.75) is 132 Å². The van der Waals surface area contributed by atoms with Crippen LogP contribution in [0, 0.1) is 20.8 Å². The number of carbonyl (C=O) groups is 4. The largest absolute Gasteiger partial charge is 0.387 e. The van der Waals surface area contributed by atoms with Crippen molar-refractivity contribution < 1.29 is 104 Å². The minimum Gasteiger partial charge on any atom is -0.387 e. The molecular formula is C54H75N18O27P3S3. The number of likely N-dealkylation sites (N-methyl/N-ethyl adjacent to an activating group) is 4. The fraction of sp³-hybridized carbons (Fsp3) is 0.593. The van der Waals surface area contributed by atoms with Gasteiger partial charge in [0.1, 0.15) is 105 Å². The van der Waals surface area contributed by atoms with Crippen LogP contribution < -0.4 is 60.8 Å². The topological polar surface area (TPSA) is 595 Å².